The fraction of sp³-hybridized carbons (Fsp3) is 0.346. The van der Waals surface area contributed by atoms with Gasteiger partial charge < -0.3 is 14.2 Å². The van der Waals surface area contributed by atoms with Gasteiger partial charge >= 0.3 is 0 Å². The van der Waals surface area contributed by atoms with Crippen LogP contribution in [0, 0.1) is 0 Å². The third-order valence-electron chi connectivity index (χ3n) is 5.90. The summed E-state index contributed by atoms with van der Waals surface area (Å²) in [5.41, 5.74) is 1.89. The van der Waals surface area contributed by atoms with E-state index in [-0.39, 0.29) is 11.9 Å². The molecule has 2 aromatic carbocycles. The van der Waals surface area contributed by atoms with E-state index in [9.17, 15) is 4.79 Å². The van der Waals surface area contributed by atoms with Gasteiger partial charge in [-0.15, -0.1) is 0 Å². The fourth-order valence-electron chi connectivity index (χ4n) is 4.12. The van der Waals surface area contributed by atoms with E-state index in [4.69, 9.17) is 9.26 Å². The number of hydrogen-bond donors (Lipinski definition) is 0. The Kier molecular flexibility index (Phi) is 7.33. The van der Waals surface area contributed by atoms with Crippen LogP contribution in [-0.4, -0.2) is 40.6 Å². The summed E-state index contributed by atoms with van der Waals surface area (Å²) in [5, 5.41) is 4.11. The van der Waals surface area contributed by atoms with Gasteiger partial charge in [0.05, 0.1) is 7.11 Å². The maximum atomic E-state index is 13.1. The molecule has 4 rings (SSSR count). The molecule has 0 radical (unpaired) electrons. The predicted octanol–water partition coefficient (Wildman–Crippen LogP) is 5.16. The third kappa shape index (κ3) is 5.63. The Labute approximate surface area is 188 Å². The number of hydrogen-bond acceptors (Lipinski definition) is 5. The van der Waals surface area contributed by atoms with Crippen LogP contribution < -0.4 is 4.74 Å². The summed E-state index contributed by atoms with van der Waals surface area (Å²) in [6.07, 6.45) is 9.76. The van der Waals surface area contributed by atoms with Crippen molar-refractivity contribution in [3.05, 3.63) is 72.1 Å². The Morgan fingerprint density at radius 2 is 1.84 bits per heavy atom. The van der Waals surface area contributed by atoms with Crippen LogP contribution in [0.1, 0.15) is 43.6 Å². The molecule has 1 amide bonds. The lowest BCUT2D eigenvalue weighted by atomic mass is 9.94. The molecule has 0 N–H and O–H groups in total. The zero-order valence-electron chi connectivity index (χ0n) is 18.4. The average Bonchev–Trinajstić information content (AvgIpc) is 3.33. The summed E-state index contributed by atoms with van der Waals surface area (Å²) < 4.78 is 10.7. The molecule has 1 fully saturated rings. The first kappa shape index (κ1) is 21.8. The van der Waals surface area contributed by atoms with Crippen LogP contribution >= 0.6 is 0 Å². The molecule has 166 valence electrons. The maximum Gasteiger partial charge on any atom is 0.246 e. The van der Waals surface area contributed by atoms with E-state index in [1.165, 1.54) is 19.3 Å². The highest BCUT2D eigenvalue weighted by Crippen LogP contribution is 2.24. The van der Waals surface area contributed by atoms with Crippen LogP contribution in [-0.2, 0) is 11.2 Å². The first-order valence-corrected chi connectivity index (χ1v) is 11.2. The number of benzene rings is 2. The molecule has 3 aromatic rings. The van der Waals surface area contributed by atoms with Crippen molar-refractivity contribution in [2.75, 3.05) is 13.7 Å². The van der Waals surface area contributed by atoms with Gasteiger partial charge in [0.2, 0.25) is 17.6 Å². The Morgan fingerprint density at radius 1 is 1.09 bits per heavy atom. The SMILES string of the molecule is COc1ccc(-c2noc(CCN(C(=O)/C=C/c3ccccc3)C3CCCCC3)n2)cc1. The molecule has 32 heavy (non-hydrogen) atoms. The minimum Gasteiger partial charge on any atom is -0.497 e. The Hall–Kier alpha value is -3.41. The minimum atomic E-state index is 0.0376. The standard InChI is InChI=1S/C26H29N3O3/c1-31-23-15-13-21(14-16-23)26-27-24(32-28-26)18-19-29(22-10-6-3-7-11-22)25(30)17-12-20-8-4-2-5-9-20/h2,4-5,8-9,12-17,22H,3,6-7,10-11,18-19H2,1H3/b17-12+. The van der Waals surface area contributed by atoms with Gasteiger partial charge in [-0.05, 0) is 48.7 Å². The summed E-state index contributed by atoms with van der Waals surface area (Å²) in [4.78, 5) is 19.6. The van der Waals surface area contributed by atoms with E-state index in [0.717, 1.165) is 29.7 Å². The van der Waals surface area contributed by atoms with Gasteiger partial charge in [0.25, 0.3) is 0 Å². The van der Waals surface area contributed by atoms with Crippen LogP contribution in [0.4, 0.5) is 0 Å². The monoisotopic (exact) mass is 431 g/mol. The fourth-order valence-corrected chi connectivity index (χ4v) is 4.12. The molecule has 1 aliphatic carbocycles. The quantitative estimate of drug-likeness (QED) is 0.461. The van der Waals surface area contributed by atoms with Crippen molar-refractivity contribution in [2.45, 2.75) is 44.6 Å². The lowest BCUT2D eigenvalue weighted by Crippen LogP contribution is -2.41. The molecular formula is C26H29N3O3. The third-order valence-corrected chi connectivity index (χ3v) is 5.90. The molecule has 0 atom stereocenters. The second kappa shape index (κ2) is 10.8. The van der Waals surface area contributed by atoms with E-state index in [1.54, 1.807) is 13.2 Å². The highest BCUT2D eigenvalue weighted by Gasteiger charge is 2.24. The summed E-state index contributed by atoms with van der Waals surface area (Å²) in [5.74, 6) is 1.90. The number of ether oxygens (including phenoxy) is 1. The molecular weight excluding hydrogens is 402 g/mol. The number of carbonyl (C=O) groups excluding carboxylic acids is 1. The van der Waals surface area contributed by atoms with Gasteiger partial charge in [-0.2, -0.15) is 4.98 Å². The molecule has 6 heteroatoms. The van der Waals surface area contributed by atoms with Gasteiger partial charge in [-0.25, -0.2) is 0 Å². The number of carbonyl (C=O) groups is 1. The highest BCUT2D eigenvalue weighted by molar-refractivity contribution is 5.92. The molecule has 1 heterocycles. The van der Waals surface area contributed by atoms with Crippen LogP contribution in [0.15, 0.2) is 65.2 Å². The van der Waals surface area contributed by atoms with E-state index in [0.29, 0.717) is 24.7 Å². The summed E-state index contributed by atoms with van der Waals surface area (Å²) in [6, 6.07) is 17.7. The molecule has 0 unspecified atom stereocenters. The molecule has 1 saturated carbocycles. The summed E-state index contributed by atoms with van der Waals surface area (Å²) >= 11 is 0. The van der Waals surface area contributed by atoms with Gasteiger partial charge in [-0.3, -0.25) is 4.79 Å². The lowest BCUT2D eigenvalue weighted by molar-refractivity contribution is -0.128. The van der Waals surface area contributed by atoms with Crippen molar-refractivity contribution >= 4 is 12.0 Å². The van der Waals surface area contributed by atoms with Crippen molar-refractivity contribution in [1.29, 1.82) is 0 Å². The van der Waals surface area contributed by atoms with E-state index in [2.05, 4.69) is 10.1 Å². The van der Waals surface area contributed by atoms with Gasteiger partial charge in [0.15, 0.2) is 0 Å². The first-order valence-electron chi connectivity index (χ1n) is 11.2. The largest absolute Gasteiger partial charge is 0.497 e. The molecule has 0 spiro atoms. The van der Waals surface area contributed by atoms with Crippen molar-refractivity contribution in [3.8, 4) is 17.1 Å². The summed E-state index contributed by atoms with van der Waals surface area (Å²) in [7, 11) is 1.63. The smallest absolute Gasteiger partial charge is 0.246 e. The first-order chi connectivity index (χ1) is 15.7. The van der Waals surface area contributed by atoms with Gasteiger partial charge in [-0.1, -0.05) is 54.8 Å². The van der Waals surface area contributed by atoms with Gasteiger partial charge in [0.1, 0.15) is 5.75 Å². The zero-order chi connectivity index (χ0) is 22.2. The Morgan fingerprint density at radius 3 is 2.56 bits per heavy atom. The van der Waals surface area contributed by atoms with Crippen LogP contribution in [0.3, 0.4) is 0 Å². The topological polar surface area (TPSA) is 68.5 Å². The van der Waals surface area contributed by atoms with Crippen molar-refractivity contribution in [2.24, 2.45) is 0 Å². The zero-order valence-corrected chi connectivity index (χ0v) is 18.4. The van der Waals surface area contributed by atoms with Crippen LogP contribution in [0.5, 0.6) is 5.75 Å². The van der Waals surface area contributed by atoms with Crippen molar-refractivity contribution in [3.63, 3.8) is 0 Å². The Bertz CT molecular complexity index is 1020. The van der Waals surface area contributed by atoms with Gasteiger partial charge in [0, 0.05) is 30.6 Å². The van der Waals surface area contributed by atoms with E-state index in [1.807, 2.05) is 65.6 Å². The number of nitrogens with zero attached hydrogens (tertiary/aromatic N) is 3. The second-order valence-electron chi connectivity index (χ2n) is 8.06. The number of amides is 1. The van der Waals surface area contributed by atoms with Crippen LogP contribution in [0.2, 0.25) is 0 Å². The normalized spacial score (nSPS) is 14.5. The molecule has 0 bridgehead atoms. The lowest BCUT2D eigenvalue weighted by Gasteiger charge is -2.33. The summed E-state index contributed by atoms with van der Waals surface area (Å²) in [6.45, 7) is 0.562. The predicted molar refractivity (Wildman–Crippen MR) is 124 cm³/mol. The number of rotatable bonds is 8. The molecule has 0 saturated heterocycles. The second-order valence-corrected chi connectivity index (χ2v) is 8.06. The average molecular weight is 432 g/mol. The molecule has 6 nitrogen and oxygen atoms in total. The van der Waals surface area contributed by atoms with E-state index < -0.39 is 0 Å². The number of methoxy groups -OCH3 is 1. The molecule has 0 aliphatic heterocycles. The molecule has 1 aromatic heterocycles. The highest BCUT2D eigenvalue weighted by atomic mass is 16.5. The molecule has 1 aliphatic rings. The Balaban J connectivity index is 1.43. The maximum absolute atomic E-state index is 13.1. The minimum absolute atomic E-state index is 0.0376. The van der Waals surface area contributed by atoms with Crippen molar-refractivity contribution in [1.82, 2.24) is 15.0 Å². The number of aromatic nitrogens is 2. The van der Waals surface area contributed by atoms with Crippen LogP contribution in [0.25, 0.3) is 17.5 Å². The van der Waals surface area contributed by atoms with E-state index >= 15 is 0 Å². The van der Waals surface area contributed by atoms with Crippen molar-refractivity contribution < 1.29 is 14.1 Å².